The second-order valence-electron chi connectivity index (χ2n) is 6.52. The van der Waals surface area contributed by atoms with Crippen LogP contribution >= 0.6 is 11.8 Å². The van der Waals surface area contributed by atoms with Gasteiger partial charge >= 0.3 is 0 Å². The minimum absolute atomic E-state index is 0.0137. The Morgan fingerprint density at radius 3 is 2.89 bits per heavy atom. The molecule has 1 saturated heterocycles. The van der Waals surface area contributed by atoms with Crippen molar-refractivity contribution in [2.24, 2.45) is 0 Å². The summed E-state index contributed by atoms with van der Waals surface area (Å²) in [5.41, 5.74) is -0.107. The Balaban J connectivity index is 1.92. The molecule has 2 aromatic rings. The van der Waals surface area contributed by atoms with E-state index < -0.39 is 11.6 Å². The second-order valence-corrected chi connectivity index (χ2v) is 7.69. The number of piperidine rings is 1. The first kappa shape index (κ1) is 19.4. The summed E-state index contributed by atoms with van der Waals surface area (Å²) < 4.78 is 28.2. The number of likely N-dealkylation sites (tertiary alicyclic amines) is 1. The standard InChI is InChI=1S/C19H20F2N4OS/c1-11(27-2)19(26)25-6-4-3-5-17(25)18-23-10-16(24-18)13-8-14(20)12(9-22)7-15(13)21/h7-8,10-11,17H,3-6H2,1-2H3,(H,23,24). The molecule has 0 bridgehead atoms. The van der Waals surface area contributed by atoms with Gasteiger partial charge in [-0.1, -0.05) is 0 Å². The van der Waals surface area contributed by atoms with Gasteiger partial charge in [0, 0.05) is 18.3 Å². The molecule has 2 atom stereocenters. The van der Waals surface area contributed by atoms with Crippen molar-refractivity contribution in [2.75, 3.05) is 12.8 Å². The van der Waals surface area contributed by atoms with Crippen LogP contribution in [0, 0.1) is 23.0 Å². The van der Waals surface area contributed by atoms with Crippen LogP contribution in [0.3, 0.4) is 0 Å². The Morgan fingerprint density at radius 2 is 2.19 bits per heavy atom. The number of aromatic amines is 1. The minimum atomic E-state index is -0.790. The molecular weight excluding hydrogens is 370 g/mol. The third-order valence-electron chi connectivity index (χ3n) is 4.85. The van der Waals surface area contributed by atoms with Crippen LogP contribution in [0.5, 0.6) is 0 Å². The van der Waals surface area contributed by atoms with E-state index in [1.807, 2.05) is 18.1 Å². The first-order valence-electron chi connectivity index (χ1n) is 8.74. The van der Waals surface area contributed by atoms with Gasteiger partial charge in [0.2, 0.25) is 5.91 Å². The van der Waals surface area contributed by atoms with Crippen molar-refractivity contribution in [1.29, 1.82) is 5.26 Å². The van der Waals surface area contributed by atoms with Crippen LogP contribution < -0.4 is 0 Å². The molecule has 1 amide bonds. The predicted octanol–water partition coefficient (Wildman–Crippen LogP) is 4.03. The van der Waals surface area contributed by atoms with Gasteiger partial charge in [-0.3, -0.25) is 4.79 Å². The molecule has 0 aliphatic carbocycles. The van der Waals surface area contributed by atoms with E-state index in [0.29, 0.717) is 12.4 Å². The number of hydrogen-bond donors (Lipinski definition) is 1. The fraction of sp³-hybridized carbons (Fsp3) is 0.421. The molecule has 1 aliphatic heterocycles. The zero-order chi connectivity index (χ0) is 19.6. The highest BCUT2D eigenvalue weighted by molar-refractivity contribution is 7.99. The number of amides is 1. The van der Waals surface area contributed by atoms with Crippen molar-refractivity contribution in [1.82, 2.24) is 14.9 Å². The topological polar surface area (TPSA) is 72.8 Å². The molecule has 0 radical (unpaired) electrons. The van der Waals surface area contributed by atoms with Crippen molar-refractivity contribution >= 4 is 17.7 Å². The van der Waals surface area contributed by atoms with Crippen LogP contribution in [-0.4, -0.2) is 38.8 Å². The number of carbonyl (C=O) groups is 1. The van der Waals surface area contributed by atoms with E-state index in [-0.39, 0.29) is 34.0 Å². The Hall–Kier alpha value is -2.40. The lowest BCUT2D eigenvalue weighted by Gasteiger charge is -2.36. The maximum Gasteiger partial charge on any atom is 0.236 e. The number of halogens is 2. The number of benzene rings is 1. The van der Waals surface area contributed by atoms with Crippen LogP contribution in [0.2, 0.25) is 0 Å². The van der Waals surface area contributed by atoms with Gasteiger partial charge in [-0.2, -0.15) is 17.0 Å². The van der Waals surface area contributed by atoms with Gasteiger partial charge in [0.25, 0.3) is 0 Å². The smallest absolute Gasteiger partial charge is 0.236 e. The molecule has 8 heteroatoms. The summed E-state index contributed by atoms with van der Waals surface area (Å²) in [5, 5.41) is 8.66. The maximum atomic E-state index is 14.3. The number of carbonyl (C=O) groups excluding carboxylic acids is 1. The van der Waals surface area contributed by atoms with E-state index in [0.717, 1.165) is 31.4 Å². The first-order valence-corrected chi connectivity index (χ1v) is 10.0. The maximum absolute atomic E-state index is 14.3. The number of nitrogens with zero attached hydrogens (tertiary/aromatic N) is 3. The van der Waals surface area contributed by atoms with E-state index in [1.54, 1.807) is 6.07 Å². The van der Waals surface area contributed by atoms with E-state index in [4.69, 9.17) is 5.26 Å². The fourth-order valence-electron chi connectivity index (χ4n) is 3.29. The lowest BCUT2D eigenvalue weighted by molar-refractivity contribution is -0.134. The number of nitriles is 1. The molecule has 1 aliphatic rings. The van der Waals surface area contributed by atoms with Gasteiger partial charge in [0.15, 0.2) is 0 Å². The highest BCUT2D eigenvalue weighted by atomic mass is 32.2. The second kappa shape index (κ2) is 8.09. The zero-order valence-corrected chi connectivity index (χ0v) is 15.9. The van der Waals surface area contributed by atoms with Gasteiger partial charge in [0.05, 0.1) is 22.5 Å². The Kier molecular flexibility index (Phi) is 5.80. The van der Waals surface area contributed by atoms with Crippen LogP contribution in [0.4, 0.5) is 8.78 Å². The molecular formula is C19H20F2N4OS. The normalized spacial score (nSPS) is 18.2. The minimum Gasteiger partial charge on any atom is -0.346 e. The van der Waals surface area contributed by atoms with Crippen molar-refractivity contribution in [3.8, 4) is 17.3 Å². The molecule has 1 fully saturated rings. The molecule has 3 rings (SSSR count). The van der Waals surface area contributed by atoms with Crippen LogP contribution in [0.1, 0.15) is 43.6 Å². The molecule has 2 heterocycles. The molecule has 142 valence electrons. The highest BCUT2D eigenvalue weighted by Crippen LogP contribution is 2.33. The molecule has 1 aromatic carbocycles. The quantitative estimate of drug-likeness (QED) is 0.855. The van der Waals surface area contributed by atoms with Crippen molar-refractivity contribution in [2.45, 2.75) is 37.5 Å². The lowest BCUT2D eigenvalue weighted by Crippen LogP contribution is -2.42. The number of thioether (sulfide) groups is 1. The van der Waals surface area contributed by atoms with Gasteiger partial charge in [-0.25, -0.2) is 13.8 Å². The van der Waals surface area contributed by atoms with E-state index in [1.165, 1.54) is 18.0 Å². The molecule has 1 aromatic heterocycles. The first-order chi connectivity index (χ1) is 13.0. The average molecular weight is 390 g/mol. The fourth-order valence-corrected chi connectivity index (χ4v) is 3.63. The summed E-state index contributed by atoms with van der Waals surface area (Å²) in [6, 6.07) is 3.26. The van der Waals surface area contributed by atoms with E-state index in [9.17, 15) is 13.6 Å². The van der Waals surface area contributed by atoms with E-state index in [2.05, 4.69) is 9.97 Å². The molecule has 0 spiro atoms. The number of aromatic nitrogens is 2. The number of nitrogens with one attached hydrogen (secondary N) is 1. The largest absolute Gasteiger partial charge is 0.346 e. The van der Waals surface area contributed by atoms with Crippen molar-refractivity contribution < 1.29 is 13.6 Å². The Bertz CT molecular complexity index is 892. The number of hydrogen-bond acceptors (Lipinski definition) is 4. The summed E-state index contributed by atoms with van der Waals surface area (Å²) in [6.07, 6.45) is 6.08. The molecule has 2 unspecified atom stereocenters. The highest BCUT2D eigenvalue weighted by Gasteiger charge is 2.32. The number of imidazole rings is 1. The molecule has 5 nitrogen and oxygen atoms in total. The van der Waals surface area contributed by atoms with Crippen molar-refractivity contribution in [3.05, 3.63) is 41.4 Å². The average Bonchev–Trinajstić information content (AvgIpc) is 3.17. The predicted molar refractivity (Wildman–Crippen MR) is 99.9 cm³/mol. The lowest BCUT2D eigenvalue weighted by atomic mass is 10.0. The van der Waals surface area contributed by atoms with E-state index >= 15 is 0 Å². The van der Waals surface area contributed by atoms with Crippen LogP contribution in [0.15, 0.2) is 18.3 Å². The zero-order valence-electron chi connectivity index (χ0n) is 15.1. The summed E-state index contributed by atoms with van der Waals surface area (Å²) in [7, 11) is 0. The summed E-state index contributed by atoms with van der Waals surface area (Å²) in [5.74, 6) is -0.878. The number of H-pyrrole nitrogens is 1. The van der Waals surface area contributed by atoms with Gasteiger partial charge in [-0.15, -0.1) is 0 Å². The third kappa shape index (κ3) is 3.83. The van der Waals surface area contributed by atoms with Gasteiger partial charge in [-0.05, 0) is 44.6 Å². The third-order valence-corrected chi connectivity index (χ3v) is 5.76. The SMILES string of the molecule is CSC(C)C(=O)N1CCCCC1c1nc(-c2cc(F)c(C#N)cc2F)c[nH]1. The molecule has 1 N–H and O–H groups in total. The Morgan fingerprint density at radius 1 is 1.41 bits per heavy atom. The van der Waals surface area contributed by atoms with Crippen molar-refractivity contribution in [3.63, 3.8) is 0 Å². The summed E-state index contributed by atoms with van der Waals surface area (Å²) in [4.78, 5) is 22.0. The van der Waals surface area contributed by atoms with Gasteiger partial charge in [0.1, 0.15) is 23.5 Å². The monoisotopic (exact) mass is 390 g/mol. The number of rotatable bonds is 4. The Labute approximate surface area is 160 Å². The van der Waals surface area contributed by atoms with Gasteiger partial charge < -0.3 is 9.88 Å². The summed E-state index contributed by atoms with van der Waals surface area (Å²) >= 11 is 1.49. The van der Waals surface area contributed by atoms with Crippen LogP contribution in [-0.2, 0) is 4.79 Å². The summed E-state index contributed by atoms with van der Waals surface area (Å²) in [6.45, 7) is 2.53. The van der Waals surface area contributed by atoms with Crippen LogP contribution in [0.25, 0.3) is 11.3 Å². The molecule has 0 saturated carbocycles. The molecule has 27 heavy (non-hydrogen) atoms.